The van der Waals surface area contributed by atoms with Gasteiger partial charge < -0.3 is 5.32 Å². The van der Waals surface area contributed by atoms with Crippen molar-refractivity contribution in [3.8, 4) is 17.2 Å². The summed E-state index contributed by atoms with van der Waals surface area (Å²) in [5, 5.41) is 13.4. The second-order valence-electron chi connectivity index (χ2n) is 12.1. The highest BCUT2D eigenvalue weighted by Gasteiger charge is 2.38. The molecule has 0 aromatic heterocycles. The largest absolute Gasteiger partial charge is 0.344 e. The van der Waals surface area contributed by atoms with Gasteiger partial charge in [-0.25, -0.2) is 9.98 Å². The maximum atomic E-state index is 9.72. The Morgan fingerprint density at radius 1 is 0.727 bits per heavy atom. The summed E-state index contributed by atoms with van der Waals surface area (Å²) < 4.78 is 0. The standard InChI is InChI=1S/C40H36N4/c41-28-29-12-10-18-35(26-29)40(24-8-3-9-25-40)36-19-11-17-34(27-36)39-43-37(32-15-6-2-7-16-32)42-38(44-39)33-22-20-31(21-23-33)30-13-4-1-5-14-30/h1-2,4-7,10-23,27,29,38H,3,8-9,24-26H2,(H,42,43,44). The van der Waals surface area contributed by atoms with Crippen LogP contribution in [0.25, 0.3) is 11.1 Å². The summed E-state index contributed by atoms with van der Waals surface area (Å²) in [6.45, 7) is 0. The smallest absolute Gasteiger partial charge is 0.159 e. The molecule has 4 aromatic rings. The Bertz CT molecular complexity index is 1780. The molecule has 0 amide bonds. The molecule has 0 bridgehead atoms. The van der Waals surface area contributed by atoms with E-state index in [1.54, 1.807) is 0 Å². The maximum absolute atomic E-state index is 9.72. The van der Waals surface area contributed by atoms with Crippen molar-refractivity contribution in [2.75, 3.05) is 0 Å². The predicted octanol–water partition coefficient (Wildman–Crippen LogP) is 9.08. The van der Waals surface area contributed by atoms with E-state index in [1.807, 2.05) is 30.3 Å². The van der Waals surface area contributed by atoms with Gasteiger partial charge in [-0.15, -0.1) is 0 Å². The van der Waals surface area contributed by atoms with E-state index >= 15 is 0 Å². The van der Waals surface area contributed by atoms with Crippen molar-refractivity contribution in [1.82, 2.24) is 5.32 Å². The Kier molecular flexibility index (Phi) is 7.78. The third-order valence-corrected chi connectivity index (χ3v) is 9.36. The summed E-state index contributed by atoms with van der Waals surface area (Å²) in [6, 6.07) is 40.8. The number of hydrogen-bond acceptors (Lipinski definition) is 4. The van der Waals surface area contributed by atoms with E-state index < -0.39 is 0 Å². The van der Waals surface area contributed by atoms with Gasteiger partial charge >= 0.3 is 0 Å². The van der Waals surface area contributed by atoms with E-state index in [0.717, 1.165) is 47.6 Å². The lowest BCUT2D eigenvalue weighted by atomic mass is 9.62. The Hall–Kier alpha value is -5.01. The molecule has 44 heavy (non-hydrogen) atoms. The molecule has 1 N–H and O–H groups in total. The summed E-state index contributed by atoms with van der Waals surface area (Å²) >= 11 is 0. The van der Waals surface area contributed by atoms with Crippen LogP contribution in [0.2, 0.25) is 0 Å². The molecule has 4 nitrogen and oxygen atoms in total. The van der Waals surface area contributed by atoms with Crippen LogP contribution in [0, 0.1) is 17.2 Å². The van der Waals surface area contributed by atoms with Gasteiger partial charge in [0.15, 0.2) is 5.84 Å². The molecule has 216 valence electrons. The van der Waals surface area contributed by atoms with Gasteiger partial charge in [-0.2, -0.15) is 5.26 Å². The van der Waals surface area contributed by atoms with Crippen molar-refractivity contribution in [3.05, 3.63) is 155 Å². The zero-order chi connectivity index (χ0) is 29.8. The van der Waals surface area contributed by atoms with Gasteiger partial charge in [0.2, 0.25) is 0 Å². The molecule has 7 rings (SSSR count). The fraction of sp³-hybridized carbons (Fsp3) is 0.225. The number of aliphatic imine (C=N–C) groups is 2. The topological polar surface area (TPSA) is 60.5 Å². The van der Waals surface area contributed by atoms with Gasteiger partial charge in [-0.05, 0) is 47.6 Å². The summed E-state index contributed by atoms with van der Waals surface area (Å²) in [4.78, 5) is 10.2. The van der Waals surface area contributed by atoms with Crippen LogP contribution in [0.3, 0.4) is 0 Å². The number of hydrogen-bond donors (Lipinski definition) is 1. The highest BCUT2D eigenvalue weighted by molar-refractivity contribution is 6.13. The first-order chi connectivity index (χ1) is 21.7. The highest BCUT2D eigenvalue weighted by atomic mass is 15.2. The van der Waals surface area contributed by atoms with E-state index in [9.17, 15) is 5.26 Å². The molecule has 1 aliphatic heterocycles. The Labute approximate surface area is 260 Å². The molecular weight excluding hydrogens is 536 g/mol. The monoisotopic (exact) mass is 572 g/mol. The minimum absolute atomic E-state index is 0.0492. The molecule has 4 aromatic carbocycles. The zero-order valence-electron chi connectivity index (χ0n) is 24.9. The Balaban J connectivity index is 1.26. The van der Waals surface area contributed by atoms with E-state index in [2.05, 4.69) is 108 Å². The maximum Gasteiger partial charge on any atom is 0.159 e. The normalized spacial score (nSPS) is 20.8. The van der Waals surface area contributed by atoms with E-state index in [1.165, 1.54) is 41.5 Å². The average molecular weight is 573 g/mol. The van der Waals surface area contributed by atoms with Crippen LogP contribution < -0.4 is 5.32 Å². The van der Waals surface area contributed by atoms with E-state index in [-0.39, 0.29) is 17.5 Å². The first kappa shape index (κ1) is 27.8. The van der Waals surface area contributed by atoms with E-state index in [4.69, 9.17) is 9.98 Å². The van der Waals surface area contributed by atoms with Gasteiger partial charge in [0.1, 0.15) is 12.0 Å². The number of benzene rings is 4. The molecule has 0 radical (unpaired) electrons. The average Bonchev–Trinajstić information content (AvgIpc) is 3.12. The number of allylic oxidation sites excluding steroid dienone is 4. The van der Waals surface area contributed by atoms with E-state index in [0.29, 0.717) is 0 Å². The van der Waals surface area contributed by atoms with Crippen molar-refractivity contribution in [2.45, 2.75) is 50.1 Å². The SMILES string of the molecule is N#CC1C=CC=C(C2(c3cccc(C4=NC(c5ccccc5)=NC(c5ccc(-c6ccccc6)cc5)N4)c3)CCCCC2)C1. The van der Waals surface area contributed by atoms with Crippen molar-refractivity contribution >= 4 is 11.7 Å². The van der Waals surface area contributed by atoms with Crippen molar-refractivity contribution in [1.29, 1.82) is 5.26 Å². The number of rotatable bonds is 6. The van der Waals surface area contributed by atoms with Crippen LogP contribution in [0.1, 0.15) is 66.9 Å². The summed E-state index contributed by atoms with van der Waals surface area (Å²) in [5.41, 5.74) is 8.20. The molecule has 0 saturated heterocycles. The summed E-state index contributed by atoms with van der Waals surface area (Å²) in [7, 11) is 0. The highest BCUT2D eigenvalue weighted by Crippen LogP contribution is 2.48. The molecule has 1 fully saturated rings. The molecule has 2 unspecified atom stereocenters. The first-order valence-electron chi connectivity index (χ1n) is 15.7. The quantitative estimate of drug-likeness (QED) is 0.250. The third-order valence-electron chi connectivity index (χ3n) is 9.36. The molecule has 2 atom stereocenters. The van der Waals surface area contributed by atoms with Crippen LogP contribution >= 0.6 is 0 Å². The summed E-state index contributed by atoms with van der Waals surface area (Å²) in [6.07, 6.45) is 12.8. The van der Waals surface area contributed by atoms with Crippen LogP contribution in [-0.2, 0) is 5.41 Å². The lowest BCUT2D eigenvalue weighted by Crippen LogP contribution is -2.35. The molecule has 2 aliphatic carbocycles. The third kappa shape index (κ3) is 5.54. The van der Waals surface area contributed by atoms with Crippen LogP contribution in [-0.4, -0.2) is 11.7 Å². The van der Waals surface area contributed by atoms with Crippen molar-refractivity contribution in [2.24, 2.45) is 15.9 Å². The van der Waals surface area contributed by atoms with Crippen LogP contribution in [0.15, 0.2) is 143 Å². The van der Waals surface area contributed by atoms with Gasteiger partial charge in [0.25, 0.3) is 0 Å². The number of nitrogens with zero attached hydrogens (tertiary/aromatic N) is 3. The molecular formula is C40H36N4. The van der Waals surface area contributed by atoms with Crippen molar-refractivity contribution < 1.29 is 0 Å². The Morgan fingerprint density at radius 2 is 1.41 bits per heavy atom. The molecule has 1 saturated carbocycles. The lowest BCUT2D eigenvalue weighted by molar-refractivity contribution is 0.328. The van der Waals surface area contributed by atoms with Crippen LogP contribution in [0.5, 0.6) is 0 Å². The van der Waals surface area contributed by atoms with Crippen molar-refractivity contribution in [3.63, 3.8) is 0 Å². The first-order valence-corrected chi connectivity index (χ1v) is 15.7. The molecule has 3 aliphatic rings. The fourth-order valence-corrected chi connectivity index (χ4v) is 7.01. The Morgan fingerprint density at radius 3 is 2.14 bits per heavy atom. The van der Waals surface area contributed by atoms with Gasteiger partial charge in [-0.3, -0.25) is 0 Å². The zero-order valence-corrected chi connectivity index (χ0v) is 24.9. The van der Waals surface area contributed by atoms with Gasteiger partial charge in [0, 0.05) is 16.5 Å². The molecule has 0 spiro atoms. The second-order valence-corrected chi connectivity index (χ2v) is 12.1. The number of nitrogens with one attached hydrogen (secondary N) is 1. The summed E-state index contributed by atoms with van der Waals surface area (Å²) in [5.74, 6) is 1.50. The molecule has 4 heteroatoms. The predicted molar refractivity (Wildman–Crippen MR) is 179 cm³/mol. The minimum atomic E-state index is -0.266. The fourth-order valence-electron chi connectivity index (χ4n) is 7.01. The second kappa shape index (κ2) is 12.3. The van der Waals surface area contributed by atoms with Gasteiger partial charge in [-0.1, -0.05) is 146 Å². The van der Waals surface area contributed by atoms with Gasteiger partial charge in [0.05, 0.1) is 12.0 Å². The molecule has 1 heterocycles. The minimum Gasteiger partial charge on any atom is -0.344 e. The van der Waals surface area contributed by atoms with Crippen LogP contribution in [0.4, 0.5) is 0 Å². The lowest BCUT2D eigenvalue weighted by Gasteiger charge is -2.41. The number of amidine groups is 2. The number of nitriles is 1.